The SMILES string of the molecule is Cn1cc(C(=O)NNS(=O)(=O)c2cccc(C(F)(F)F)c2)c2ccccc21. The molecule has 2 aromatic carbocycles. The van der Waals surface area contributed by atoms with Crippen molar-refractivity contribution in [1.29, 1.82) is 0 Å². The zero-order chi connectivity index (χ0) is 19.8. The van der Waals surface area contributed by atoms with Crippen LogP contribution in [0.15, 0.2) is 59.6 Å². The van der Waals surface area contributed by atoms with Gasteiger partial charge in [0.15, 0.2) is 0 Å². The van der Waals surface area contributed by atoms with E-state index in [0.29, 0.717) is 11.5 Å². The van der Waals surface area contributed by atoms with Crippen LogP contribution in [0.4, 0.5) is 13.2 Å². The first-order valence-electron chi connectivity index (χ1n) is 7.63. The molecule has 0 fully saturated rings. The van der Waals surface area contributed by atoms with Gasteiger partial charge in [-0.05, 0) is 24.3 Å². The van der Waals surface area contributed by atoms with Gasteiger partial charge in [0.2, 0.25) is 0 Å². The Hall–Kier alpha value is -2.85. The number of benzene rings is 2. The van der Waals surface area contributed by atoms with Crippen molar-refractivity contribution in [2.45, 2.75) is 11.1 Å². The minimum Gasteiger partial charge on any atom is -0.350 e. The van der Waals surface area contributed by atoms with Crippen molar-refractivity contribution >= 4 is 26.8 Å². The van der Waals surface area contributed by atoms with Gasteiger partial charge in [-0.3, -0.25) is 10.2 Å². The van der Waals surface area contributed by atoms with Crippen LogP contribution in [0.3, 0.4) is 0 Å². The third kappa shape index (κ3) is 3.81. The fourth-order valence-electron chi connectivity index (χ4n) is 2.60. The number of para-hydroxylation sites is 1. The summed E-state index contributed by atoms with van der Waals surface area (Å²) in [4.78, 5) is 13.6. The third-order valence-electron chi connectivity index (χ3n) is 3.91. The first-order chi connectivity index (χ1) is 12.6. The second-order valence-electron chi connectivity index (χ2n) is 5.76. The quantitative estimate of drug-likeness (QED) is 0.665. The molecule has 0 saturated heterocycles. The molecule has 6 nitrogen and oxygen atoms in total. The van der Waals surface area contributed by atoms with Crippen LogP contribution in [0.5, 0.6) is 0 Å². The maximum Gasteiger partial charge on any atom is 0.416 e. The molecule has 3 aromatic rings. The van der Waals surface area contributed by atoms with Gasteiger partial charge in [-0.1, -0.05) is 24.3 Å². The molecule has 1 amide bonds. The Kier molecular flexibility index (Phi) is 4.70. The number of aryl methyl sites for hydroxylation is 1. The summed E-state index contributed by atoms with van der Waals surface area (Å²) in [5.41, 5.74) is 1.91. The Morgan fingerprint density at radius 1 is 1.07 bits per heavy atom. The summed E-state index contributed by atoms with van der Waals surface area (Å²) in [5, 5.41) is 0.607. The minimum atomic E-state index is -4.68. The molecule has 27 heavy (non-hydrogen) atoms. The van der Waals surface area contributed by atoms with Gasteiger partial charge in [0.1, 0.15) is 0 Å². The van der Waals surface area contributed by atoms with Crippen LogP contribution in [-0.2, 0) is 23.2 Å². The first kappa shape index (κ1) is 18.9. The summed E-state index contributed by atoms with van der Waals surface area (Å²) in [6.07, 6.45) is -3.16. The van der Waals surface area contributed by atoms with Crippen LogP contribution in [0.2, 0.25) is 0 Å². The fraction of sp³-hybridized carbons (Fsp3) is 0.118. The van der Waals surface area contributed by atoms with E-state index in [1.807, 2.05) is 10.3 Å². The van der Waals surface area contributed by atoms with Gasteiger partial charge in [-0.2, -0.15) is 13.2 Å². The molecule has 0 bridgehead atoms. The molecule has 0 aliphatic carbocycles. The molecule has 0 unspecified atom stereocenters. The average molecular weight is 397 g/mol. The molecule has 10 heteroatoms. The highest BCUT2D eigenvalue weighted by atomic mass is 32.2. The van der Waals surface area contributed by atoms with Crippen LogP contribution in [0.25, 0.3) is 10.9 Å². The highest BCUT2D eigenvalue weighted by Crippen LogP contribution is 2.30. The lowest BCUT2D eigenvalue weighted by atomic mass is 10.2. The lowest BCUT2D eigenvalue weighted by molar-refractivity contribution is -0.137. The maximum atomic E-state index is 12.8. The van der Waals surface area contributed by atoms with Crippen LogP contribution >= 0.6 is 0 Å². The van der Waals surface area contributed by atoms with Gasteiger partial charge < -0.3 is 4.57 Å². The van der Waals surface area contributed by atoms with Crippen molar-refractivity contribution in [3.8, 4) is 0 Å². The lowest BCUT2D eigenvalue weighted by Crippen LogP contribution is -2.41. The second-order valence-corrected chi connectivity index (χ2v) is 7.44. The Morgan fingerprint density at radius 2 is 1.78 bits per heavy atom. The normalized spacial score (nSPS) is 12.3. The Morgan fingerprint density at radius 3 is 2.48 bits per heavy atom. The van der Waals surface area contributed by atoms with Gasteiger partial charge >= 0.3 is 6.18 Å². The summed E-state index contributed by atoms with van der Waals surface area (Å²) < 4.78 is 64.4. The maximum absolute atomic E-state index is 12.8. The van der Waals surface area contributed by atoms with Crippen LogP contribution in [0.1, 0.15) is 15.9 Å². The van der Waals surface area contributed by atoms with Crippen molar-refractivity contribution in [2.24, 2.45) is 7.05 Å². The van der Waals surface area contributed by atoms with Crippen molar-refractivity contribution in [3.05, 3.63) is 65.9 Å². The summed E-state index contributed by atoms with van der Waals surface area (Å²) in [6.45, 7) is 0. The van der Waals surface area contributed by atoms with Crippen molar-refractivity contribution in [1.82, 2.24) is 14.8 Å². The Balaban J connectivity index is 1.82. The van der Waals surface area contributed by atoms with E-state index in [1.54, 1.807) is 35.9 Å². The number of rotatable bonds is 4. The van der Waals surface area contributed by atoms with E-state index in [2.05, 4.69) is 0 Å². The largest absolute Gasteiger partial charge is 0.416 e. The lowest BCUT2D eigenvalue weighted by Gasteiger charge is -2.11. The highest BCUT2D eigenvalue weighted by molar-refractivity contribution is 7.89. The van der Waals surface area contributed by atoms with E-state index in [-0.39, 0.29) is 5.56 Å². The number of carbonyl (C=O) groups is 1. The molecule has 0 radical (unpaired) electrons. The molecule has 1 aromatic heterocycles. The predicted octanol–water partition coefficient (Wildman–Crippen LogP) is 2.82. The molecular weight excluding hydrogens is 383 g/mol. The summed E-state index contributed by atoms with van der Waals surface area (Å²) in [7, 11) is -2.65. The van der Waals surface area contributed by atoms with Gasteiger partial charge in [0.05, 0.1) is 16.0 Å². The smallest absolute Gasteiger partial charge is 0.350 e. The Bertz CT molecular complexity index is 1120. The minimum absolute atomic E-state index is 0.222. The molecule has 2 N–H and O–H groups in total. The van der Waals surface area contributed by atoms with Gasteiger partial charge in [-0.15, -0.1) is 4.83 Å². The van der Waals surface area contributed by atoms with E-state index < -0.39 is 32.6 Å². The first-order valence-corrected chi connectivity index (χ1v) is 9.11. The standard InChI is InChI=1S/C17H14F3N3O3S/c1-23-10-14(13-7-2-3-8-15(13)23)16(24)21-22-27(25,26)12-6-4-5-11(9-12)17(18,19)20/h2-10,22H,1H3,(H,21,24). The average Bonchev–Trinajstić information content (AvgIpc) is 2.96. The van der Waals surface area contributed by atoms with Crippen molar-refractivity contribution in [3.63, 3.8) is 0 Å². The summed E-state index contributed by atoms with van der Waals surface area (Å²) in [6, 6.07) is 10.2. The van der Waals surface area contributed by atoms with Crippen molar-refractivity contribution in [2.75, 3.05) is 0 Å². The fourth-order valence-corrected chi connectivity index (χ4v) is 3.49. The number of carbonyl (C=O) groups excluding carboxylic acids is 1. The zero-order valence-electron chi connectivity index (χ0n) is 13.9. The topological polar surface area (TPSA) is 80.2 Å². The van der Waals surface area contributed by atoms with Gasteiger partial charge in [0.25, 0.3) is 15.9 Å². The number of hydrogen-bond donors (Lipinski definition) is 2. The van der Waals surface area contributed by atoms with E-state index >= 15 is 0 Å². The van der Waals surface area contributed by atoms with Gasteiger partial charge in [0, 0.05) is 24.1 Å². The predicted molar refractivity (Wildman–Crippen MR) is 92.2 cm³/mol. The number of aromatic nitrogens is 1. The van der Waals surface area contributed by atoms with Crippen molar-refractivity contribution < 1.29 is 26.4 Å². The number of alkyl halides is 3. The van der Waals surface area contributed by atoms with Crippen LogP contribution in [0, 0.1) is 0 Å². The van der Waals surface area contributed by atoms with Gasteiger partial charge in [-0.25, -0.2) is 8.42 Å². The second kappa shape index (κ2) is 6.71. The number of amides is 1. The molecule has 0 spiro atoms. The molecule has 0 aliphatic heterocycles. The molecule has 0 atom stereocenters. The van der Waals surface area contributed by atoms with E-state index in [4.69, 9.17) is 0 Å². The molecule has 0 saturated carbocycles. The van der Waals surface area contributed by atoms with E-state index in [0.717, 1.165) is 23.7 Å². The van der Waals surface area contributed by atoms with E-state index in [9.17, 15) is 26.4 Å². The number of hydrazine groups is 1. The highest BCUT2D eigenvalue weighted by Gasteiger charge is 2.31. The van der Waals surface area contributed by atoms with E-state index in [1.165, 1.54) is 6.20 Å². The molecular formula is C17H14F3N3O3S. The monoisotopic (exact) mass is 397 g/mol. The van der Waals surface area contributed by atoms with Crippen LogP contribution < -0.4 is 10.3 Å². The number of nitrogens with one attached hydrogen (secondary N) is 2. The number of hydrogen-bond acceptors (Lipinski definition) is 3. The molecule has 142 valence electrons. The molecule has 1 heterocycles. The molecule has 0 aliphatic rings. The van der Waals surface area contributed by atoms with Crippen LogP contribution in [-0.4, -0.2) is 18.9 Å². The summed E-state index contributed by atoms with van der Waals surface area (Å²) in [5.74, 6) is -0.734. The molecule has 3 rings (SSSR count). The Labute approximate surface area is 152 Å². The number of halogens is 3. The summed E-state index contributed by atoms with van der Waals surface area (Å²) >= 11 is 0. The number of nitrogens with zero attached hydrogens (tertiary/aromatic N) is 1. The number of sulfonamides is 1. The zero-order valence-corrected chi connectivity index (χ0v) is 14.7. The third-order valence-corrected chi connectivity index (χ3v) is 5.16. The number of fused-ring (bicyclic) bond motifs is 1.